The number of aromatic nitrogens is 2. The first-order chi connectivity index (χ1) is 12.4. The van der Waals surface area contributed by atoms with Crippen LogP contribution in [0.1, 0.15) is 34.9 Å². The van der Waals surface area contributed by atoms with Crippen LogP contribution in [0, 0.1) is 6.92 Å². The molecule has 2 heterocycles. The Hall–Kier alpha value is -2.30. The number of carbonyl (C=O) groups excluding carboxylic acids is 1. The number of sulfonamides is 1. The van der Waals surface area contributed by atoms with E-state index in [1.165, 1.54) is 18.2 Å². The number of hydrogen-bond donors (Lipinski definition) is 3. The molecule has 3 N–H and O–H groups in total. The highest BCUT2D eigenvalue weighted by atomic mass is 32.2. The van der Waals surface area contributed by atoms with E-state index in [0.29, 0.717) is 18.0 Å². The van der Waals surface area contributed by atoms with Crippen molar-refractivity contribution in [3.05, 3.63) is 41.5 Å². The third-order valence-corrected chi connectivity index (χ3v) is 5.47. The molecule has 140 valence electrons. The number of nitrogens with one attached hydrogen (secondary N) is 3. The van der Waals surface area contributed by atoms with Crippen LogP contribution in [0.15, 0.2) is 33.7 Å². The monoisotopic (exact) mass is 379 g/mol. The molecule has 0 aliphatic carbocycles. The maximum absolute atomic E-state index is 12.4. The zero-order valence-corrected chi connectivity index (χ0v) is 15.2. The molecule has 26 heavy (non-hydrogen) atoms. The van der Waals surface area contributed by atoms with E-state index in [1.807, 2.05) is 0 Å². The number of nitrogens with zero attached hydrogens (tertiary/aromatic N) is 2. The van der Waals surface area contributed by atoms with Gasteiger partial charge in [0, 0.05) is 25.1 Å². The normalized spacial score (nSPS) is 17.3. The second-order valence-electron chi connectivity index (χ2n) is 6.09. The fourth-order valence-electron chi connectivity index (χ4n) is 2.71. The van der Waals surface area contributed by atoms with Crippen molar-refractivity contribution in [3.8, 4) is 0 Å². The highest BCUT2D eigenvalue weighted by Crippen LogP contribution is 2.12. The molecule has 1 aliphatic rings. The molecule has 1 fully saturated rings. The molecule has 9 nitrogen and oxygen atoms in total. The van der Waals surface area contributed by atoms with Crippen LogP contribution < -0.4 is 15.4 Å². The van der Waals surface area contributed by atoms with Crippen molar-refractivity contribution in [3.63, 3.8) is 0 Å². The van der Waals surface area contributed by atoms with E-state index in [1.54, 1.807) is 13.0 Å². The first-order valence-corrected chi connectivity index (χ1v) is 9.83. The lowest BCUT2D eigenvalue weighted by atomic mass is 10.2. The van der Waals surface area contributed by atoms with E-state index < -0.39 is 10.0 Å². The Morgan fingerprint density at radius 2 is 2.27 bits per heavy atom. The summed E-state index contributed by atoms with van der Waals surface area (Å²) in [5.74, 6) is 0.295. The van der Waals surface area contributed by atoms with Gasteiger partial charge in [0.25, 0.3) is 5.91 Å². The lowest BCUT2D eigenvalue weighted by Gasteiger charge is -2.12. The van der Waals surface area contributed by atoms with Crippen LogP contribution in [-0.2, 0) is 16.6 Å². The number of rotatable bonds is 7. The fraction of sp³-hybridized carbons (Fsp3) is 0.438. The molecule has 1 aromatic heterocycles. The Balaban J connectivity index is 1.63. The SMILES string of the molecule is Cc1nc(CNS(=O)(=O)c2cccc(C(=O)NC[C@@H]3CCCN3)c2)no1. The van der Waals surface area contributed by atoms with Crippen LogP contribution in [0.5, 0.6) is 0 Å². The molecule has 3 rings (SSSR count). The highest BCUT2D eigenvalue weighted by molar-refractivity contribution is 7.89. The quantitative estimate of drug-likeness (QED) is 0.633. The predicted octanol–water partition coefficient (Wildman–Crippen LogP) is 0.338. The summed E-state index contributed by atoms with van der Waals surface area (Å²) >= 11 is 0. The van der Waals surface area contributed by atoms with E-state index in [-0.39, 0.29) is 29.2 Å². The van der Waals surface area contributed by atoms with E-state index in [4.69, 9.17) is 4.52 Å². The summed E-state index contributed by atoms with van der Waals surface area (Å²) in [6.45, 7) is 3.00. The van der Waals surface area contributed by atoms with Crippen molar-refractivity contribution in [1.82, 2.24) is 25.5 Å². The molecule has 1 atom stereocenters. The van der Waals surface area contributed by atoms with Gasteiger partial charge in [0.05, 0.1) is 11.4 Å². The molecule has 2 aromatic rings. The molecule has 10 heteroatoms. The Kier molecular flexibility index (Phi) is 5.64. The number of benzene rings is 1. The van der Waals surface area contributed by atoms with Gasteiger partial charge in [-0.15, -0.1) is 0 Å². The van der Waals surface area contributed by atoms with Gasteiger partial charge in [-0.05, 0) is 37.6 Å². The van der Waals surface area contributed by atoms with Gasteiger partial charge in [0.15, 0.2) is 5.82 Å². The van der Waals surface area contributed by atoms with Crippen molar-refractivity contribution >= 4 is 15.9 Å². The molecular formula is C16H21N5O4S. The van der Waals surface area contributed by atoms with Gasteiger partial charge in [-0.3, -0.25) is 4.79 Å². The maximum Gasteiger partial charge on any atom is 0.251 e. The number of carbonyl (C=O) groups is 1. The first kappa shape index (κ1) is 18.5. The second-order valence-corrected chi connectivity index (χ2v) is 7.85. The van der Waals surface area contributed by atoms with Crippen LogP contribution in [0.2, 0.25) is 0 Å². The average molecular weight is 379 g/mol. The summed E-state index contributed by atoms with van der Waals surface area (Å²) in [4.78, 5) is 16.2. The van der Waals surface area contributed by atoms with Gasteiger partial charge in [-0.2, -0.15) is 4.98 Å². The van der Waals surface area contributed by atoms with Gasteiger partial charge in [0.1, 0.15) is 0 Å². The Bertz CT molecular complexity index is 874. The Labute approximate surface area is 151 Å². The number of amides is 1. The van der Waals surface area contributed by atoms with E-state index in [0.717, 1.165) is 19.4 Å². The topological polar surface area (TPSA) is 126 Å². The van der Waals surface area contributed by atoms with Crippen molar-refractivity contribution in [2.24, 2.45) is 0 Å². The Morgan fingerprint density at radius 1 is 1.42 bits per heavy atom. The van der Waals surface area contributed by atoms with Gasteiger partial charge in [-0.25, -0.2) is 13.1 Å². The van der Waals surface area contributed by atoms with Crippen molar-refractivity contribution < 1.29 is 17.7 Å². The number of hydrogen-bond acceptors (Lipinski definition) is 7. The third-order valence-electron chi connectivity index (χ3n) is 4.07. The number of aryl methyl sites for hydroxylation is 1. The lowest BCUT2D eigenvalue weighted by Crippen LogP contribution is -2.37. The first-order valence-electron chi connectivity index (χ1n) is 8.34. The summed E-state index contributed by atoms with van der Waals surface area (Å²) in [6, 6.07) is 6.17. The fourth-order valence-corrected chi connectivity index (χ4v) is 3.74. The summed E-state index contributed by atoms with van der Waals surface area (Å²) < 4.78 is 32.0. The van der Waals surface area contributed by atoms with E-state index >= 15 is 0 Å². The van der Waals surface area contributed by atoms with Crippen LogP contribution in [-0.4, -0.2) is 43.6 Å². The smallest absolute Gasteiger partial charge is 0.251 e. The predicted molar refractivity (Wildman–Crippen MR) is 92.9 cm³/mol. The van der Waals surface area contributed by atoms with Crippen LogP contribution >= 0.6 is 0 Å². The van der Waals surface area contributed by atoms with Gasteiger partial charge in [-0.1, -0.05) is 11.2 Å². The van der Waals surface area contributed by atoms with Gasteiger partial charge >= 0.3 is 0 Å². The van der Waals surface area contributed by atoms with E-state index in [2.05, 4.69) is 25.5 Å². The highest BCUT2D eigenvalue weighted by Gasteiger charge is 2.19. The van der Waals surface area contributed by atoms with Crippen molar-refractivity contribution in [2.45, 2.75) is 37.2 Å². The van der Waals surface area contributed by atoms with Crippen molar-refractivity contribution in [1.29, 1.82) is 0 Å². The molecule has 1 aliphatic heterocycles. The van der Waals surface area contributed by atoms with Gasteiger partial charge in [0.2, 0.25) is 15.9 Å². The van der Waals surface area contributed by atoms with Crippen LogP contribution in [0.25, 0.3) is 0 Å². The molecule has 0 radical (unpaired) electrons. The van der Waals surface area contributed by atoms with Crippen molar-refractivity contribution in [2.75, 3.05) is 13.1 Å². The average Bonchev–Trinajstić information content (AvgIpc) is 3.29. The summed E-state index contributed by atoms with van der Waals surface area (Å²) in [6.07, 6.45) is 2.12. The largest absolute Gasteiger partial charge is 0.350 e. The summed E-state index contributed by atoms with van der Waals surface area (Å²) in [5, 5.41) is 9.76. The molecule has 1 aromatic carbocycles. The van der Waals surface area contributed by atoms with Gasteiger partial charge < -0.3 is 15.2 Å². The summed E-state index contributed by atoms with van der Waals surface area (Å²) in [5.41, 5.74) is 0.293. The molecule has 1 saturated heterocycles. The molecule has 1 amide bonds. The molecule has 0 spiro atoms. The minimum Gasteiger partial charge on any atom is -0.350 e. The van der Waals surface area contributed by atoms with Crippen LogP contribution in [0.4, 0.5) is 0 Å². The molecule has 0 unspecified atom stereocenters. The molecule has 0 saturated carbocycles. The van der Waals surface area contributed by atoms with E-state index in [9.17, 15) is 13.2 Å². The summed E-state index contributed by atoms with van der Waals surface area (Å²) in [7, 11) is -3.80. The zero-order chi connectivity index (χ0) is 18.6. The zero-order valence-electron chi connectivity index (χ0n) is 14.4. The second kappa shape index (κ2) is 7.94. The minimum atomic E-state index is -3.80. The van der Waals surface area contributed by atoms with Crippen LogP contribution in [0.3, 0.4) is 0 Å². The third kappa shape index (κ3) is 4.65. The minimum absolute atomic E-state index is 0.00404. The standard InChI is InChI=1S/C16H21N5O4S/c1-11-20-15(21-25-11)10-19-26(23,24)14-6-2-4-12(8-14)16(22)18-9-13-5-3-7-17-13/h2,4,6,8,13,17,19H,3,5,7,9-10H2,1H3,(H,18,22)/t13-/m0/s1. The lowest BCUT2D eigenvalue weighted by molar-refractivity contribution is 0.0950. The molecular weight excluding hydrogens is 358 g/mol. The maximum atomic E-state index is 12.4. The Morgan fingerprint density at radius 3 is 2.96 bits per heavy atom. The molecule has 0 bridgehead atoms.